The van der Waals surface area contributed by atoms with Gasteiger partial charge in [0.25, 0.3) is 5.91 Å². The van der Waals surface area contributed by atoms with Gasteiger partial charge in [-0.2, -0.15) is 0 Å². The normalized spacial score (nSPS) is 35.3. The maximum absolute atomic E-state index is 12.5. The molecule has 1 aromatic rings. The number of hydrogen-bond donors (Lipinski definition) is 5. The highest BCUT2D eigenvalue weighted by Crippen LogP contribution is 2.67. The largest absolute Gasteiger partial charge is 0.733 e. The summed E-state index contributed by atoms with van der Waals surface area (Å²) in [5.41, 5.74) is 0.634. The Kier molecular flexibility index (Phi) is 8.35. The minimum absolute atomic E-state index is 0.0233. The van der Waals surface area contributed by atoms with Gasteiger partial charge in [-0.25, -0.2) is 4.79 Å². The molecule has 0 heterocycles. The van der Waals surface area contributed by atoms with E-state index in [2.05, 4.69) is 36.3 Å². The molecule has 0 radical (unpaired) electrons. The quantitative estimate of drug-likeness (QED) is 0.222. The van der Waals surface area contributed by atoms with Crippen molar-refractivity contribution in [2.75, 3.05) is 11.8 Å². The van der Waals surface area contributed by atoms with Crippen molar-refractivity contribution in [3.8, 4) is 12.3 Å². The summed E-state index contributed by atoms with van der Waals surface area (Å²) in [6, 6.07) is 3.41. The third-order valence-corrected chi connectivity index (χ3v) is 11.1. The number of aliphatic carboxylic acids is 1. The monoisotopic (exact) mass is 594 g/mol. The first-order valence-electron chi connectivity index (χ1n) is 14.9. The molecule has 8 unspecified atom stereocenters. The number of allylic oxidation sites excluding steroid dienone is 2. The Morgan fingerprint density at radius 2 is 1.95 bits per heavy atom. The second-order valence-electron chi connectivity index (χ2n) is 13.1. The lowest BCUT2D eigenvalue weighted by molar-refractivity contribution is -0.146. The number of amides is 1. The summed E-state index contributed by atoms with van der Waals surface area (Å²) in [7, 11) is 0. The highest BCUT2D eigenvalue weighted by Gasteiger charge is 2.63. The van der Waals surface area contributed by atoms with Gasteiger partial charge in [0.2, 0.25) is 0 Å². The number of hydrogen-bond acceptors (Lipinski definition) is 9. The van der Waals surface area contributed by atoms with E-state index in [0.29, 0.717) is 30.6 Å². The summed E-state index contributed by atoms with van der Waals surface area (Å²) < 4.78 is 0. The fourth-order valence-electron chi connectivity index (χ4n) is 8.58. The highest BCUT2D eigenvalue weighted by molar-refractivity contribution is 5.96. The van der Waals surface area contributed by atoms with Crippen LogP contribution in [-0.2, 0) is 14.4 Å². The molecule has 43 heavy (non-hydrogen) atoms. The zero-order valence-electron chi connectivity index (χ0n) is 24.5. The third kappa shape index (κ3) is 5.42. The van der Waals surface area contributed by atoms with E-state index in [4.69, 9.17) is 16.5 Å². The minimum Gasteiger partial charge on any atom is -0.733 e. The number of carboxylic acids is 1. The number of carboxylic acid groups (broad SMARTS) is 1. The van der Waals surface area contributed by atoms with Crippen molar-refractivity contribution in [3.05, 3.63) is 46.7 Å². The molecule has 0 saturated heterocycles. The Bertz CT molecular complexity index is 1370. The Morgan fingerprint density at radius 3 is 2.65 bits per heavy atom. The molecule has 4 aliphatic carbocycles. The molecule has 8 atom stereocenters. The van der Waals surface area contributed by atoms with Gasteiger partial charge in [0.15, 0.2) is 12.6 Å². The van der Waals surface area contributed by atoms with Gasteiger partial charge in [0.05, 0.1) is 11.4 Å². The number of oxime groups is 1. The van der Waals surface area contributed by atoms with E-state index in [1.165, 1.54) is 23.8 Å². The average molecular weight is 595 g/mol. The number of anilines is 1. The van der Waals surface area contributed by atoms with Crippen LogP contribution < -0.4 is 10.5 Å². The first-order valence-corrected chi connectivity index (χ1v) is 14.9. The number of terminal acetylenes is 1. The molecule has 0 aliphatic heterocycles. The Hall–Kier alpha value is -3.43. The van der Waals surface area contributed by atoms with Crippen LogP contribution in [0.4, 0.5) is 5.69 Å². The van der Waals surface area contributed by atoms with Crippen molar-refractivity contribution in [2.24, 2.45) is 33.7 Å². The molecule has 1 aromatic carbocycles. The second-order valence-corrected chi connectivity index (χ2v) is 13.1. The predicted octanol–water partition coefficient (Wildman–Crippen LogP) is 3.68. The highest BCUT2D eigenvalue weighted by atomic mass is 16.8. The van der Waals surface area contributed by atoms with Crippen molar-refractivity contribution in [1.29, 1.82) is 0 Å². The molecule has 232 valence electrons. The van der Waals surface area contributed by atoms with Gasteiger partial charge in [-0.05, 0) is 98.3 Å². The number of aliphatic hydroxyl groups excluding tert-OH is 1. The molecule has 3 fully saturated rings. The lowest BCUT2D eigenvalue weighted by atomic mass is 9.46. The molecule has 1 amide bonds. The molecule has 3 saturated carbocycles. The van der Waals surface area contributed by atoms with Crippen molar-refractivity contribution in [2.45, 2.75) is 83.0 Å². The second kappa shape index (κ2) is 11.6. The number of nitrogens with zero attached hydrogens (tertiary/aromatic N) is 2. The third-order valence-electron chi connectivity index (χ3n) is 11.1. The van der Waals surface area contributed by atoms with Gasteiger partial charge in [0.1, 0.15) is 11.7 Å². The summed E-state index contributed by atoms with van der Waals surface area (Å²) in [5.74, 6) is 1.89. The van der Waals surface area contributed by atoms with Crippen LogP contribution in [0.1, 0.15) is 76.9 Å². The van der Waals surface area contributed by atoms with E-state index in [9.17, 15) is 30.1 Å². The predicted molar refractivity (Wildman–Crippen MR) is 157 cm³/mol. The standard InChI is InChI=1S/C32H40N3O8/c1-4-32(40)15-12-25-23-9-8-20-17-21(10-13-30(20,2)24(23)11-14-31(25,32)3)34-43-18-26(36)33-27(29(38)39)28(37)19-6-5-7-22(16-19)35(41)42/h1,5-7,16-17,23-25,27-28,37,40-41H,8-15,18H2,2-3H3,(H,33,36)(H,38,39)/q-1. The van der Waals surface area contributed by atoms with Gasteiger partial charge in [-0.1, -0.05) is 42.6 Å². The van der Waals surface area contributed by atoms with E-state index in [1.807, 2.05) is 0 Å². The molecule has 0 spiro atoms. The van der Waals surface area contributed by atoms with Crippen molar-refractivity contribution >= 4 is 23.3 Å². The van der Waals surface area contributed by atoms with Crippen LogP contribution in [0.3, 0.4) is 0 Å². The summed E-state index contributed by atoms with van der Waals surface area (Å²) in [4.78, 5) is 29.6. The summed E-state index contributed by atoms with van der Waals surface area (Å²) in [6.45, 7) is 3.98. The van der Waals surface area contributed by atoms with E-state index < -0.39 is 41.5 Å². The first-order chi connectivity index (χ1) is 20.3. The number of benzene rings is 1. The van der Waals surface area contributed by atoms with Crippen LogP contribution in [0.2, 0.25) is 0 Å². The van der Waals surface area contributed by atoms with E-state index in [-0.39, 0.29) is 22.1 Å². The number of carbonyl (C=O) groups is 2. The Balaban J connectivity index is 1.20. The van der Waals surface area contributed by atoms with Gasteiger partial charge in [0, 0.05) is 5.41 Å². The number of aliphatic hydroxyl groups is 2. The van der Waals surface area contributed by atoms with Crippen LogP contribution in [0.25, 0.3) is 0 Å². The smallest absolute Gasteiger partial charge is 0.329 e. The van der Waals surface area contributed by atoms with Gasteiger partial charge in [-0.15, -0.1) is 6.42 Å². The van der Waals surface area contributed by atoms with Gasteiger partial charge >= 0.3 is 5.97 Å². The topological polar surface area (TPSA) is 175 Å². The molecule has 0 bridgehead atoms. The molecular weight excluding hydrogens is 554 g/mol. The SMILES string of the molecule is C#CC1(O)CCC2C3CCC4=CC(=NOCC(=O)NC(C(=O)O)C(O)c5cccc(N([O-])O)c5)CCC4(C)C3CCC21C. The molecule has 5 N–H and O–H groups in total. The van der Waals surface area contributed by atoms with E-state index in [0.717, 1.165) is 50.3 Å². The van der Waals surface area contributed by atoms with Crippen molar-refractivity contribution in [1.82, 2.24) is 5.32 Å². The lowest BCUT2D eigenvalue weighted by Gasteiger charge is -2.58. The fraction of sp³-hybridized carbons (Fsp3) is 0.594. The first kappa shape index (κ1) is 31.0. The number of fused-ring (bicyclic) bond motifs is 5. The van der Waals surface area contributed by atoms with Crippen LogP contribution in [-0.4, -0.2) is 56.4 Å². The number of carbonyl (C=O) groups excluding carboxylic acids is 1. The van der Waals surface area contributed by atoms with E-state index in [1.54, 1.807) is 0 Å². The maximum Gasteiger partial charge on any atom is 0.329 e. The number of nitrogens with one attached hydrogen (secondary N) is 1. The van der Waals surface area contributed by atoms with Gasteiger partial charge in [-0.3, -0.25) is 10.0 Å². The molecule has 11 nitrogen and oxygen atoms in total. The van der Waals surface area contributed by atoms with Gasteiger partial charge < -0.3 is 35.9 Å². The average Bonchev–Trinajstić information content (AvgIpc) is 3.26. The van der Waals surface area contributed by atoms with Crippen molar-refractivity contribution in [3.63, 3.8) is 0 Å². The summed E-state index contributed by atoms with van der Waals surface area (Å²) in [5, 5.41) is 57.6. The van der Waals surface area contributed by atoms with Crippen LogP contribution in [0.5, 0.6) is 0 Å². The zero-order chi connectivity index (χ0) is 31.2. The lowest BCUT2D eigenvalue weighted by Crippen LogP contribution is -2.54. The van der Waals surface area contributed by atoms with Crippen LogP contribution >= 0.6 is 0 Å². The molecule has 0 aromatic heterocycles. The molecule has 5 rings (SSSR count). The maximum atomic E-state index is 12.5. The Labute approximate surface area is 251 Å². The molecule has 4 aliphatic rings. The van der Waals surface area contributed by atoms with E-state index >= 15 is 0 Å². The minimum atomic E-state index is -1.72. The molecule has 11 heteroatoms. The Morgan fingerprint density at radius 1 is 1.21 bits per heavy atom. The van der Waals surface area contributed by atoms with Crippen molar-refractivity contribution < 1.29 is 35.0 Å². The molecular formula is C32H40N3O8-. The number of rotatable bonds is 8. The fourth-order valence-corrected chi connectivity index (χ4v) is 8.58. The summed E-state index contributed by atoms with van der Waals surface area (Å²) in [6.07, 6.45) is 13.3. The summed E-state index contributed by atoms with van der Waals surface area (Å²) >= 11 is 0. The van der Waals surface area contributed by atoms with Crippen LogP contribution in [0.15, 0.2) is 41.1 Å². The zero-order valence-corrected chi connectivity index (χ0v) is 24.5. The van der Waals surface area contributed by atoms with Crippen LogP contribution in [0, 0.1) is 46.1 Å².